The van der Waals surface area contributed by atoms with Crippen molar-refractivity contribution in [3.8, 4) is 0 Å². The van der Waals surface area contributed by atoms with Gasteiger partial charge in [0.05, 0.1) is 0 Å². The van der Waals surface area contributed by atoms with Crippen LogP contribution >= 0.6 is 0 Å². The van der Waals surface area contributed by atoms with Crippen LogP contribution < -0.4 is 0 Å². The first kappa shape index (κ1) is 12.5. The van der Waals surface area contributed by atoms with Gasteiger partial charge in [-0.2, -0.15) is 4.98 Å². The molecule has 0 bridgehead atoms. The van der Waals surface area contributed by atoms with E-state index in [0.717, 1.165) is 12.8 Å². The summed E-state index contributed by atoms with van der Waals surface area (Å²) in [6.45, 7) is 1.42. The molecular weight excluding hydrogens is 224 g/mol. The summed E-state index contributed by atoms with van der Waals surface area (Å²) in [4.78, 5) is 4.34. The third-order valence-corrected chi connectivity index (χ3v) is 3.12. The topological polar surface area (TPSA) is 77.6 Å². The molecule has 1 aromatic rings. The Kier molecular flexibility index (Phi) is 4.09. The van der Waals surface area contributed by atoms with Crippen LogP contribution in [-0.2, 0) is 21.5 Å². The Morgan fingerprint density at radius 3 is 2.82 bits per heavy atom. The van der Waals surface area contributed by atoms with Gasteiger partial charge in [0, 0.05) is 46.2 Å². The van der Waals surface area contributed by atoms with Crippen molar-refractivity contribution < 1.29 is 19.1 Å². The van der Waals surface area contributed by atoms with Crippen LogP contribution in [0.5, 0.6) is 0 Å². The second-order valence-corrected chi connectivity index (χ2v) is 4.15. The van der Waals surface area contributed by atoms with E-state index < -0.39 is 5.60 Å². The molecule has 0 aliphatic carbocycles. The Morgan fingerprint density at radius 2 is 2.18 bits per heavy atom. The molecule has 6 nitrogen and oxygen atoms in total. The van der Waals surface area contributed by atoms with Gasteiger partial charge in [0.1, 0.15) is 5.60 Å². The summed E-state index contributed by atoms with van der Waals surface area (Å²) in [7, 11) is 1.66. The van der Waals surface area contributed by atoms with Crippen molar-refractivity contribution in [2.45, 2.75) is 31.3 Å². The average Bonchev–Trinajstić information content (AvgIpc) is 2.86. The molecule has 2 rings (SSSR count). The van der Waals surface area contributed by atoms with Crippen LogP contribution in [0.1, 0.15) is 31.0 Å². The molecule has 96 valence electrons. The van der Waals surface area contributed by atoms with E-state index in [2.05, 4.69) is 10.1 Å². The molecule has 0 saturated carbocycles. The number of hydrogen-bond donors (Lipinski definition) is 1. The second kappa shape index (κ2) is 5.57. The molecule has 1 aromatic heterocycles. The molecule has 0 unspecified atom stereocenters. The third-order valence-electron chi connectivity index (χ3n) is 3.12. The van der Waals surface area contributed by atoms with Crippen molar-refractivity contribution in [2.24, 2.45) is 0 Å². The zero-order valence-electron chi connectivity index (χ0n) is 10.0. The Morgan fingerprint density at radius 1 is 1.41 bits per heavy atom. The maximum absolute atomic E-state index is 8.75. The molecule has 6 heteroatoms. The Labute approximate surface area is 99.9 Å². The number of aliphatic hydroxyl groups is 1. The summed E-state index contributed by atoms with van der Waals surface area (Å²) < 4.78 is 16.0. The minimum absolute atomic E-state index is 0.126. The summed E-state index contributed by atoms with van der Waals surface area (Å²) in [6, 6.07) is 0. The Hall–Kier alpha value is -0.980. The highest BCUT2D eigenvalue weighted by Gasteiger charge is 2.39. The van der Waals surface area contributed by atoms with Crippen molar-refractivity contribution in [1.82, 2.24) is 10.1 Å². The normalized spacial score (nSPS) is 19.4. The molecule has 17 heavy (non-hydrogen) atoms. The van der Waals surface area contributed by atoms with Gasteiger partial charge in [0.15, 0.2) is 0 Å². The fourth-order valence-corrected chi connectivity index (χ4v) is 1.99. The lowest BCUT2D eigenvalue weighted by molar-refractivity contribution is -0.101. The van der Waals surface area contributed by atoms with Crippen molar-refractivity contribution in [2.75, 3.05) is 26.9 Å². The van der Waals surface area contributed by atoms with Crippen LogP contribution in [-0.4, -0.2) is 42.2 Å². The first-order valence-corrected chi connectivity index (χ1v) is 5.87. The quantitative estimate of drug-likeness (QED) is 0.816. The van der Waals surface area contributed by atoms with E-state index in [9.17, 15) is 0 Å². The summed E-state index contributed by atoms with van der Waals surface area (Å²) in [5.41, 5.74) is -0.473. The van der Waals surface area contributed by atoms with Gasteiger partial charge in [-0.15, -0.1) is 0 Å². The molecule has 0 atom stereocenters. The van der Waals surface area contributed by atoms with Gasteiger partial charge in [-0.1, -0.05) is 5.16 Å². The molecular formula is C11H18N2O4. The largest absolute Gasteiger partial charge is 0.396 e. The Balaban J connectivity index is 2.10. The van der Waals surface area contributed by atoms with E-state index in [1.807, 2.05) is 0 Å². The van der Waals surface area contributed by atoms with Crippen LogP contribution in [0, 0.1) is 0 Å². The van der Waals surface area contributed by atoms with E-state index in [1.54, 1.807) is 7.11 Å². The smallest absolute Gasteiger partial charge is 0.226 e. The number of hydrogen-bond acceptors (Lipinski definition) is 6. The minimum atomic E-state index is -0.473. The number of nitrogens with zero attached hydrogens (tertiary/aromatic N) is 2. The standard InChI is InChI=1S/C11H18N2O4/c1-15-11(4-7-16-8-5-11)10-12-9(17-13-10)3-2-6-14/h14H,2-8H2,1H3. The maximum Gasteiger partial charge on any atom is 0.226 e. The maximum atomic E-state index is 8.75. The lowest BCUT2D eigenvalue weighted by Crippen LogP contribution is -2.36. The molecule has 1 N–H and O–H groups in total. The Bertz CT molecular complexity index is 347. The molecule has 0 amide bonds. The molecule has 1 fully saturated rings. The highest BCUT2D eigenvalue weighted by molar-refractivity contribution is 5.03. The van der Waals surface area contributed by atoms with E-state index in [0.29, 0.717) is 37.8 Å². The predicted molar refractivity (Wildman–Crippen MR) is 58.4 cm³/mol. The molecule has 0 aromatic carbocycles. The molecule has 2 heterocycles. The fraction of sp³-hybridized carbons (Fsp3) is 0.818. The molecule has 1 saturated heterocycles. The van der Waals surface area contributed by atoms with Crippen LogP contribution in [0.3, 0.4) is 0 Å². The number of aromatic nitrogens is 2. The zero-order chi connectivity index (χ0) is 12.1. The summed E-state index contributed by atoms with van der Waals surface area (Å²) in [5.74, 6) is 1.15. The zero-order valence-corrected chi connectivity index (χ0v) is 10.0. The number of ether oxygens (including phenoxy) is 2. The number of aryl methyl sites for hydroxylation is 1. The van der Waals surface area contributed by atoms with Crippen molar-refractivity contribution in [3.05, 3.63) is 11.7 Å². The van der Waals surface area contributed by atoms with Gasteiger partial charge in [-0.3, -0.25) is 0 Å². The van der Waals surface area contributed by atoms with Crippen molar-refractivity contribution in [3.63, 3.8) is 0 Å². The highest BCUT2D eigenvalue weighted by atomic mass is 16.5. The van der Waals surface area contributed by atoms with E-state index in [1.165, 1.54) is 0 Å². The lowest BCUT2D eigenvalue weighted by Gasteiger charge is -2.32. The van der Waals surface area contributed by atoms with Crippen LogP contribution in [0.2, 0.25) is 0 Å². The predicted octanol–water partition coefficient (Wildman–Crippen LogP) is 0.647. The lowest BCUT2D eigenvalue weighted by atomic mass is 9.93. The van der Waals surface area contributed by atoms with E-state index in [-0.39, 0.29) is 6.61 Å². The number of aliphatic hydroxyl groups excluding tert-OH is 1. The van der Waals surface area contributed by atoms with Gasteiger partial charge < -0.3 is 19.1 Å². The van der Waals surface area contributed by atoms with Crippen molar-refractivity contribution in [1.29, 1.82) is 0 Å². The molecule has 1 aliphatic rings. The first-order chi connectivity index (χ1) is 8.30. The second-order valence-electron chi connectivity index (χ2n) is 4.15. The van der Waals surface area contributed by atoms with Crippen LogP contribution in [0.15, 0.2) is 4.52 Å². The van der Waals surface area contributed by atoms with E-state index in [4.69, 9.17) is 19.1 Å². The van der Waals surface area contributed by atoms with Gasteiger partial charge in [0.2, 0.25) is 11.7 Å². The number of methoxy groups -OCH3 is 1. The SMILES string of the molecule is COC1(c2noc(CCCO)n2)CCOCC1. The fourth-order valence-electron chi connectivity index (χ4n) is 1.99. The summed E-state index contributed by atoms with van der Waals surface area (Å²) >= 11 is 0. The minimum Gasteiger partial charge on any atom is -0.396 e. The summed E-state index contributed by atoms with van der Waals surface area (Å²) in [5, 5.41) is 12.7. The van der Waals surface area contributed by atoms with Gasteiger partial charge >= 0.3 is 0 Å². The highest BCUT2D eigenvalue weighted by Crippen LogP contribution is 2.33. The van der Waals surface area contributed by atoms with Gasteiger partial charge in [-0.25, -0.2) is 0 Å². The summed E-state index contributed by atoms with van der Waals surface area (Å²) in [6.07, 6.45) is 2.70. The average molecular weight is 242 g/mol. The van der Waals surface area contributed by atoms with E-state index >= 15 is 0 Å². The van der Waals surface area contributed by atoms with Crippen LogP contribution in [0.4, 0.5) is 0 Å². The molecule has 0 radical (unpaired) electrons. The number of rotatable bonds is 5. The van der Waals surface area contributed by atoms with Crippen molar-refractivity contribution >= 4 is 0 Å². The monoisotopic (exact) mass is 242 g/mol. The first-order valence-electron chi connectivity index (χ1n) is 5.87. The molecule has 1 aliphatic heterocycles. The third kappa shape index (κ3) is 2.65. The van der Waals surface area contributed by atoms with Gasteiger partial charge in [-0.05, 0) is 6.42 Å². The molecule has 0 spiro atoms. The van der Waals surface area contributed by atoms with Gasteiger partial charge in [0.25, 0.3) is 0 Å². The van der Waals surface area contributed by atoms with Crippen LogP contribution in [0.25, 0.3) is 0 Å².